The molecule has 0 radical (unpaired) electrons. The van der Waals surface area contributed by atoms with Crippen LogP contribution < -0.4 is 10.2 Å². The fourth-order valence-corrected chi connectivity index (χ4v) is 11.6. The summed E-state index contributed by atoms with van der Waals surface area (Å²) in [5, 5.41) is 3.05. The van der Waals surface area contributed by atoms with Crippen molar-refractivity contribution in [1.82, 2.24) is 5.32 Å². The van der Waals surface area contributed by atoms with Gasteiger partial charge in [-0.3, -0.25) is 14.2 Å². The Morgan fingerprint density at radius 1 is 0.402 bits per heavy atom. The topological polar surface area (TPSA) is 114 Å². The number of esters is 1. The Morgan fingerprint density at radius 2 is 0.701 bits per heavy atom. The van der Waals surface area contributed by atoms with Crippen molar-refractivity contribution in [3.63, 3.8) is 0 Å². The first-order valence-corrected chi connectivity index (χ1v) is 38.7. The van der Waals surface area contributed by atoms with E-state index in [0.29, 0.717) is 17.4 Å². The van der Waals surface area contributed by atoms with Crippen LogP contribution in [-0.2, 0) is 27.9 Å². The van der Waals surface area contributed by atoms with E-state index in [-0.39, 0.29) is 31.5 Å². The van der Waals surface area contributed by atoms with Crippen LogP contribution in [0.25, 0.3) is 0 Å². The van der Waals surface area contributed by atoms with E-state index in [4.69, 9.17) is 13.8 Å². The molecule has 0 aromatic heterocycles. The maximum absolute atomic E-state index is 13.6. The normalized spacial score (nSPS) is 13.9. The van der Waals surface area contributed by atoms with E-state index in [0.717, 1.165) is 89.9 Å². The molecule has 87 heavy (non-hydrogen) atoms. The van der Waals surface area contributed by atoms with Gasteiger partial charge in [-0.15, -0.1) is 0 Å². The van der Waals surface area contributed by atoms with Gasteiger partial charge in [0.2, 0.25) is 5.91 Å². The lowest BCUT2D eigenvalue weighted by Crippen LogP contribution is -2.47. The Balaban J connectivity index is 5.03. The molecule has 0 bridgehead atoms. The lowest BCUT2D eigenvalue weighted by molar-refractivity contribution is -0.870. The number of amides is 1. The van der Waals surface area contributed by atoms with E-state index < -0.39 is 20.0 Å². The molecule has 0 aromatic carbocycles. The van der Waals surface area contributed by atoms with Gasteiger partial charge >= 0.3 is 5.97 Å². The van der Waals surface area contributed by atoms with Gasteiger partial charge in [0.25, 0.3) is 7.82 Å². The zero-order chi connectivity index (χ0) is 63.5. The number of rotatable bonds is 68. The number of carbonyl (C=O) groups is 2. The monoisotopic (exact) mass is 1240 g/mol. The van der Waals surface area contributed by atoms with E-state index in [1.54, 1.807) is 0 Å². The molecule has 0 aliphatic rings. The Labute approximate surface area is 540 Å². The number of unbranched alkanes of at least 4 members (excludes halogenated alkanes) is 42. The Kier molecular flexibility index (Phi) is 64.4. The van der Waals surface area contributed by atoms with E-state index >= 15 is 0 Å². The standard InChI is InChI=1S/C77H143N2O7P/c1-7-10-13-16-19-22-25-28-30-32-34-36-37-38-39-40-41-43-44-46-48-51-54-57-60-63-66-69-76(80)78-74(73-85-87(82,83)84-72-71-79(4,5)6)75(68-65-62-59-56-53-50-27-24-21-18-15-12-9-3)86-77(81)70-67-64-61-58-55-52-49-47-45-42-35-33-31-29-26-23-20-17-14-11-8-2/h19-20,22-23,28-31,35,42,65,68,74-75H,7-18,21,24-27,32-34,36-41,43-64,66-67,69-73H2,1-6H3,(H-,78,80,82,83)/b22-19-,23-20-,30-28-,31-29-,42-35-,68-65-. The minimum Gasteiger partial charge on any atom is -0.756 e. The quantitative estimate of drug-likeness (QED) is 0.0212. The highest BCUT2D eigenvalue weighted by atomic mass is 31.2. The summed E-state index contributed by atoms with van der Waals surface area (Å²) < 4.78 is 30.5. The minimum absolute atomic E-state index is 0.0240. The third kappa shape index (κ3) is 67.7. The highest BCUT2D eigenvalue weighted by molar-refractivity contribution is 7.45. The van der Waals surface area contributed by atoms with E-state index in [1.165, 1.54) is 231 Å². The summed E-state index contributed by atoms with van der Waals surface area (Å²) in [6.07, 6.45) is 87.4. The molecule has 0 heterocycles. The minimum atomic E-state index is -4.71. The Hall–Kier alpha value is -2.55. The smallest absolute Gasteiger partial charge is 0.306 e. The van der Waals surface area contributed by atoms with E-state index in [9.17, 15) is 19.0 Å². The highest BCUT2D eigenvalue weighted by Gasteiger charge is 2.27. The van der Waals surface area contributed by atoms with Crippen LogP contribution in [0.4, 0.5) is 0 Å². The zero-order valence-corrected chi connectivity index (χ0v) is 59.1. The number of ether oxygens (including phenoxy) is 1. The first-order valence-electron chi connectivity index (χ1n) is 37.2. The molecular formula is C77H143N2O7P. The number of phosphoric ester groups is 1. The fraction of sp³-hybridized carbons (Fsp3) is 0.818. The van der Waals surface area contributed by atoms with Crippen LogP contribution >= 0.6 is 7.82 Å². The molecule has 0 aromatic rings. The number of quaternary nitrogens is 1. The number of phosphoric acid groups is 1. The molecule has 3 atom stereocenters. The molecular weight excluding hydrogens is 1100 g/mol. The molecule has 0 rings (SSSR count). The van der Waals surface area contributed by atoms with Crippen molar-refractivity contribution in [2.75, 3.05) is 40.9 Å². The first kappa shape index (κ1) is 84.5. The molecule has 0 aliphatic carbocycles. The van der Waals surface area contributed by atoms with Gasteiger partial charge in [0.15, 0.2) is 0 Å². The molecule has 0 saturated carbocycles. The molecule has 0 fully saturated rings. The second-order valence-electron chi connectivity index (χ2n) is 26.4. The number of nitrogens with one attached hydrogen (secondary N) is 1. The number of hydrogen-bond donors (Lipinski definition) is 1. The van der Waals surface area contributed by atoms with Crippen LogP contribution in [0.5, 0.6) is 0 Å². The third-order valence-corrected chi connectivity index (χ3v) is 17.6. The lowest BCUT2D eigenvalue weighted by atomic mass is 10.0. The Bertz CT molecular complexity index is 1720. The summed E-state index contributed by atoms with van der Waals surface area (Å²) in [6.45, 7) is 6.83. The number of carbonyl (C=O) groups excluding carboxylic acids is 2. The van der Waals surface area contributed by atoms with Gasteiger partial charge in [0.1, 0.15) is 19.3 Å². The van der Waals surface area contributed by atoms with Gasteiger partial charge in [-0.05, 0) is 102 Å². The zero-order valence-electron chi connectivity index (χ0n) is 58.2. The molecule has 0 aliphatic heterocycles. The number of allylic oxidation sites excluding steroid dienone is 11. The second-order valence-corrected chi connectivity index (χ2v) is 27.9. The van der Waals surface area contributed by atoms with Crippen molar-refractivity contribution >= 4 is 19.7 Å². The second kappa shape index (κ2) is 66.4. The van der Waals surface area contributed by atoms with Crippen LogP contribution in [0.15, 0.2) is 72.9 Å². The molecule has 3 unspecified atom stereocenters. The van der Waals surface area contributed by atoms with Crippen LogP contribution in [0.3, 0.4) is 0 Å². The number of nitrogens with zero attached hydrogens (tertiary/aromatic N) is 1. The summed E-state index contributed by atoms with van der Waals surface area (Å²) in [5.41, 5.74) is 0. The van der Waals surface area contributed by atoms with Gasteiger partial charge in [0.05, 0.1) is 33.8 Å². The average Bonchev–Trinajstić information content (AvgIpc) is 3.70. The van der Waals surface area contributed by atoms with E-state index in [2.05, 4.69) is 86.8 Å². The maximum Gasteiger partial charge on any atom is 0.306 e. The van der Waals surface area contributed by atoms with Crippen LogP contribution in [0, 0.1) is 0 Å². The van der Waals surface area contributed by atoms with Crippen molar-refractivity contribution in [2.45, 2.75) is 367 Å². The molecule has 1 N–H and O–H groups in total. The summed E-state index contributed by atoms with van der Waals surface area (Å²) in [6, 6.07) is -0.894. The summed E-state index contributed by atoms with van der Waals surface area (Å²) in [5.74, 6) is -0.536. The summed E-state index contributed by atoms with van der Waals surface area (Å²) >= 11 is 0. The SMILES string of the molecule is CCCCC/C=C\C/C=C\C/C=C\CCCCCCCCCCC(=O)OC(/C=C\CCCCCCCCCCCCC)C(COP(=O)([O-])OCC[N+](C)(C)C)NC(=O)CCCCCCCCCCCCCCCCCCC/C=C\C/C=C\CCCCC. The van der Waals surface area contributed by atoms with Gasteiger partial charge in [0, 0.05) is 12.8 Å². The van der Waals surface area contributed by atoms with Gasteiger partial charge < -0.3 is 28.5 Å². The predicted molar refractivity (Wildman–Crippen MR) is 376 cm³/mol. The lowest BCUT2D eigenvalue weighted by Gasteiger charge is -2.30. The largest absolute Gasteiger partial charge is 0.756 e. The molecule has 0 spiro atoms. The number of hydrogen-bond acceptors (Lipinski definition) is 7. The fourth-order valence-electron chi connectivity index (χ4n) is 10.9. The predicted octanol–water partition coefficient (Wildman–Crippen LogP) is 23.3. The first-order chi connectivity index (χ1) is 42.4. The molecule has 10 heteroatoms. The van der Waals surface area contributed by atoms with Crippen molar-refractivity contribution in [3.05, 3.63) is 72.9 Å². The summed E-state index contributed by atoms with van der Waals surface area (Å²) in [7, 11) is 1.19. The van der Waals surface area contributed by atoms with Crippen LogP contribution in [-0.4, -0.2) is 69.4 Å². The molecule has 1 amide bonds. The van der Waals surface area contributed by atoms with Crippen molar-refractivity contribution in [1.29, 1.82) is 0 Å². The highest BCUT2D eigenvalue weighted by Crippen LogP contribution is 2.38. The number of likely N-dealkylation sites (N-methyl/N-ethyl adjacent to an activating group) is 1. The third-order valence-electron chi connectivity index (χ3n) is 16.6. The summed E-state index contributed by atoms with van der Waals surface area (Å²) in [4.78, 5) is 40.3. The van der Waals surface area contributed by atoms with Gasteiger partial charge in [-0.1, -0.05) is 312 Å². The van der Waals surface area contributed by atoms with Crippen molar-refractivity contribution in [2.24, 2.45) is 0 Å². The van der Waals surface area contributed by atoms with Crippen LogP contribution in [0.1, 0.15) is 355 Å². The molecule has 0 saturated heterocycles. The van der Waals surface area contributed by atoms with Gasteiger partial charge in [-0.2, -0.15) is 0 Å². The van der Waals surface area contributed by atoms with Gasteiger partial charge in [-0.25, -0.2) is 0 Å². The van der Waals surface area contributed by atoms with E-state index in [1.807, 2.05) is 33.3 Å². The van der Waals surface area contributed by atoms with Crippen molar-refractivity contribution in [3.8, 4) is 0 Å². The molecule has 9 nitrogen and oxygen atoms in total. The maximum atomic E-state index is 13.6. The average molecular weight is 1240 g/mol. The Morgan fingerprint density at radius 3 is 1.07 bits per heavy atom. The van der Waals surface area contributed by atoms with Crippen molar-refractivity contribution < 1.29 is 37.3 Å². The molecule has 508 valence electrons. The van der Waals surface area contributed by atoms with Crippen LogP contribution in [0.2, 0.25) is 0 Å².